The maximum atomic E-state index is 3.62. The van der Waals surface area contributed by atoms with Gasteiger partial charge in [0.2, 0.25) is 0 Å². The Bertz CT molecular complexity index is 388. The molecule has 0 bridgehead atoms. The summed E-state index contributed by atoms with van der Waals surface area (Å²) in [5, 5.41) is 3.62. The van der Waals surface area contributed by atoms with Crippen LogP contribution in [-0.2, 0) is 0 Å². The van der Waals surface area contributed by atoms with E-state index in [2.05, 4.69) is 68.2 Å². The first-order chi connectivity index (χ1) is 9.58. The van der Waals surface area contributed by atoms with E-state index < -0.39 is 0 Å². The third kappa shape index (κ3) is 4.07. The van der Waals surface area contributed by atoms with Crippen LogP contribution in [0.25, 0.3) is 0 Å². The summed E-state index contributed by atoms with van der Waals surface area (Å²) in [5.74, 6) is 1.37. The Morgan fingerprint density at radius 1 is 1.20 bits per heavy atom. The fourth-order valence-electron chi connectivity index (χ4n) is 3.22. The summed E-state index contributed by atoms with van der Waals surface area (Å²) in [7, 11) is 0. The van der Waals surface area contributed by atoms with Crippen molar-refractivity contribution in [2.24, 2.45) is 5.92 Å². The lowest BCUT2D eigenvalue weighted by molar-refractivity contribution is 0.0998. The molecule has 0 saturated carbocycles. The predicted octanol–water partition coefficient (Wildman–Crippen LogP) is 3.50. The van der Waals surface area contributed by atoms with Gasteiger partial charge in [0.05, 0.1) is 0 Å². The highest BCUT2D eigenvalue weighted by atomic mass is 15.2. The van der Waals surface area contributed by atoms with Gasteiger partial charge >= 0.3 is 0 Å². The standard InChI is InChI=1S/C18H30N2/c1-14(2)18-12-19-16(4)13-20(18)11-10-15(3)17-8-6-5-7-9-17/h5-9,14-16,18-19H,10-13H2,1-4H3. The molecule has 20 heavy (non-hydrogen) atoms. The molecule has 1 fully saturated rings. The van der Waals surface area contributed by atoms with E-state index in [-0.39, 0.29) is 0 Å². The van der Waals surface area contributed by atoms with E-state index in [1.165, 1.54) is 25.1 Å². The molecule has 2 rings (SSSR count). The summed E-state index contributed by atoms with van der Waals surface area (Å²) in [6, 6.07) is 12.2. The third-order valence-electron chi connectivity index (χ3n) is 4.64. The van der Waals surface area contributed by atoms with Gasteiger partial charge in [-0.3, -0.25) is 4.90 Å². The van der Waals surface area contributed by atoms with E-state index in [0.29, 0.717) is 18.0 Å². The number of hydrogen-bond donors (Lipinski definition) is 1. The van der Waals surface area contributed by atoms with Crippen LogP contribution in [0.3, 0.4) is 0 Å². The fraction of sp³-hybridized carbons (Fsp3) is 0.667. The largest absolute Gasteiger partial charge is 0.311 e. The number of piperazine rings is 1. The van der Waals surface area contributed by atoms with Gasteiger partial charge in [-0.15, -0.1) is 0 Å². The summed E-state index contributed by atoms with van der Waals surface area (Å²) in [4.78, 5) is 2.70. The number of benzene rings is 1. The van der Waals surface area contributed by atoms with Crippen LogP contribution in [0.1, 0.15) is 45.6 Å². The molecule has 2 heteroatoms. The lowest BCUT2D eigenvalue weighted by Crippen LogP contribution is -2.57. The number of hydrogen-bond acceptors (Lipinski definition) is 2. The molecular weight excluding hydrogens is 244 g/mol. The molecule has 1 aliphatic rings. The monoisotopic (exact) mass is 274 g/mol. The maximum absolute atomic E-state index is 3.62. The summed E-state index contributed by atoms with van der Waals surface area (Å²) in [6.45, 7) is 12.9. The predicted molar refractivity (Wildman–Crippen MR) is 87.1 cm³/mol. The van der Waals surface area contributed by atoms with Crippen molar-refractivity contribution in [3.63, 3.8) is 0 Å². The third-order valence-corrected chi connectivity index (χ3v) is 4.64. The molecule has 1 heterocycles. The van der Waals surface area contributed by atoms with Gasteiger partial charge in [0, 0.05) is 25.2 Å². The highest BCUT2D eigenvalue weighted by molar-refractivity contribution is 5.18. The second-order valence-electron chi connectivity index (χ2n) is 6.72. The van der Waals surface area contributed by atoms with Gasteiger partial charge in [-0.25, -0.2) is 0 Å². The molecule has 1 aromatic rings. The molecule has 0 radical (unpaired) electrons. The molecule has 1 saturated heterocycles. The average Bonchev–Trinajstić information content (AvgIpc) is 2.45. The van der Waals surface area contributed by atoms with Crippen molar-refractivity contribution >= 4 is 0 Å². The Balaban J connectivity index is 1.90. The molecule has 1 aliphatic heterocycles. The van der Waals surface area contributed by atoms with Crippen LogP contribution in [0.2, 0.25) is 0 Å². The molecule has 0 aliphatic carbocycles. The SMILES string of the molecule is CC1CN(CCC(C)c2ccccc2)C(C(C)C)CN1. The lowest BCUT2D eigenvalue weighted by atomic mass is 9.95. The van der Waals surface area contributed by atoms with Gasteiger partial charge in [-0.2, -0.15) is 0 Å². The molecule has 0 aromatic heterocycles. The van der Waals surface area contributed by atoms with Crippen LogP contribution < -0.4 is 5.32 Å². The fourth-order valence-corrected chi connectivity index (χ4v) is 3.22. The van der Waals surface area contributed by atoms with Gasteiger partial charge < -0.3 is 5.32 Å². The average molecular weight is 274 g/mol. The van der Waals surface area contributed by atoms with E-state index in [1.54, 1.807) is 0 Å². The number of nitrogens with zero attached hydrogens (tertiary/aromatic N) is 1. The zero-order valence-corrected chi connectivity index (χ0v) is 13.5. The first kappa shape index (κ1) is 15.5. The Labute approximate surface area is 124 Å². The highest BCUT2D eigenvalue weighted by Gasteiger charge is 2.27. The van der Waals surface area contributed by atoms with Crippen LogP contribution in [0, 0.1) is 5.92 Å². The van der Waals surface area contributed by atoms with Crippen molar-refractivity contribution in [3.05, 3.63) is 35.9 Å². The van der Waals surface area contributed by atoms with E-state index >= 15 is 0 Å². The van der Waals surface area contributed by atoms with Gasteiger partial charge in [0.1, 0.15) is 0 Å². The van der Waals surface area contributed by atoms with E-state index in [9.17, 15) is 0 Å². The van der Waals surface area contributed by atoms with Gasteiger partial charge in [0.15, 0.2) is 0 Å². The Hall–Kier alpha value is -0.860. The van der Waals surface area contributed by atoms with E-state index in [0.717, 1.165) is 12.5 Å². The molecular formula is C18H30N2. The Kier molecular flexibility index (Phi) is 5.62. The van der Waals surface area contributed by atoms with Crippen LogP contribution >= 0.6 is 0 Å². The van der Waals surface area contributed by atoms with Crippen LogP contribution in [0.4, 0.5) is 0 Å². The van der Waals surface area contributed by atoms with E-state index in [4.69, 9.17) is 0 Å². The quantitative estimate of drug-likeness (QED) is 0.884. The zero-order valence-electron chi connectivity index (χ0n) is 13.5. The second kappa shape index (κ2) is 7.24. The summed E-state index contributed by atoms with van der Waals surface area (Å²) >= 11 is 0. The molecule has 112 valence electrons. The highest BCUT2D eigenvalue weighted by Crippen LogP contribution is 2.22. The first-order valence-electron chi connectivity index (χ1n) is 8.10. The number of rotatable bonds is 5. The minimum atomic E-state index is 0.622. The normalized spacial score (nSPS) is 25.9. The molecule has 1 aromatic carbocycles. The second-order valence-corrected chi connectivity index (χ2v) is 6.72. The van der Waals surface area contributed by atoms with Gasteiger partial charge in [-0.1, -0.05) is 51.1 Å². The molecule has 0 amide bonds. The Morgan fingerprint density at radius 3 is 2.55 bits per heavy atom. The van der Waals surface area contributed by atoms with Gasteiger partial charge in [-0.05, 0) is 37.3 Å². The van der Waals surface area contributed by atoms with Crippen molar-refractivity contribution < 1.29 is 0 Å². The molecule has 3 unspecified atom stereocenters. The summed E-state index contributed by atoms with van der Waals surface area (Å²) < 4.78 is 0. The molecule has 2 nitrogen and oxygen atoms in total. The Morgan fingerprint density at radius 2 is 1.90 bits per heavy atom. The lowest BCUT2D eigenvalue weighted by Gasteiger charge is -2.42. The van der Waals surface area contributed by atoms with Crippen molar-refractivity contribution in [3.8, 4) is 0 Å². The van der Waals surface area contributed by atoms with Crippen molar-refractivity contribution in [1.29, 1.82) is 0 Å². The van der Waals surface area contributed by atoms with Gasteiger partial charge in [0.25, 0.3) is 0 Å². The first-order valence-corrected chi connectivity index (χ1v) is 8.10. The van der Waals surface area contributed by atoms with E-state index in [1.807, 2.05) is 0 Å². The number of nitrogens with one attached hydrogen (secondary N) is 1. The topological polar surface area (TPSA) is 15.3 Å². The van der Waals surface area contributed by atoms with Crippen LogP contribution in [0.5, 0.6) is 0 Å². The van der Waals surface area contributed by atoms with Crippen molar-refractivity contribution in [2.45, 2.75) is 52.1 Å². The summed E-state index contributed by atoms with van der Waals surface area (Å²) in [6.07, 6.45) is 1.25. The molecule has 1 N–H and O–H groups in total. The maximum Gasteiger partial charge on any atom is 0.0244 e. The van der Waals surface area contributed by atoms with Crippen LogP contribution in [-0.4, -0.2) is 36.6 Å². The minimum Gasteiger partial charge on any atom is -0.311 e. The van der Waals surface area contributed by atoms with Crippen LogP contribution in [0.15, 0.2) is 30.3 Å². The van der Waals surface area contributed by atoms with Crippen molar-refractivity contribution in [1.82, 2.24) is 10.2 Å². The summed E-state index contributed by atoms with van der Waals surface area (Å²) in [5.41, 5.74) is 1.47. The smallest absolute Gasteiger partial charge is 0.0244 e. The van der Waals surface area contributed by atoms with Crippen molar-refractivity contribution in [2.75, 3.05) is 19.6 Å². The zero-order chi connectivity index (χ0) is 14.5. The molecule has 3 atom stereocenters. The minimum absolute atomic E-state index is 0.622. The molecule has 0 spiro atoms.